The molecule has 0 saturated carbocycles. The number of carbonyl (C=O) groups is 1. The van der Waals surface area contributed by atoms with Gasteiger partial charge in [-0.1, -0.05) is 6.92 Å². The second-order valence-electron chi connectivity index (χ2n) is 5.48. The van der Waals surface area contributed by atoms with Crippen LogP contribution in [0.1, 0.15) is 26.3 Å². The summed E-state index contributed by atoms with van der Waals surface area (Å²) in [6.45, 7) is 7.07. The molecule has 7 heteroatoms. The monoisotopic (exact) mass is 293 g/mol. The molecule has 1 aliphatic rings. The van der Waals surface area contributed by atoms with Crippen LogP contribution < -0.4 is 11.0 Å². The number of aromatic nitrogens is 2. The molecular weight excluding hydrogens is 270 g/mol. The molecule has 1 atom stereocenters. The van der Waals surface area contributed by atoms with E-state index in [0.29, 0.717) is 18.9 Å². The molecule has 2 rings (SSSR count). The van der Waals surface area contributed by atoms with Crippen molar-refractivity contribution in [1.82, 2.24) is 19.4 Å². The van der Waals surface area contributed by atoms with E-state index in [9.17, 15) is 9.59 Å². The lowest BCUT2D eigenvalue weighted by Crippen LogP contribution is -2.48. The van der Waals surface area contributed by atoms with E-state index >= 15 is 0 Å². The van der Waals surface area contributed by atoms with Crippen LogP contribution >= 0.6 is 0 Å². The van der Waals surface area contributed by atoms with E-state index in [0.717, 1.165) is 19.5 Å². The Morgan fingerprint density at radius 2 is 2.05 bits per heavy atom. The summed E-state index contributed by atoms with van der Waals surface area (Å²) in [4.78, 5) is 31.9. The van der Waals surface area contributed by atoms with Gasteiger partial charge < -0.3 is 9.80 Å². The van der Waals surface area contributed by atoms with E-state index in [1.807, 2.05) is 20.9 Å². The van der Waals surface area contributed by atoms with Crippen LogP contribution in [-0.2, 0) is 0 Å². The van der Waals surface area contributed by atoms with Crippen molar-refractivity contribution in [1.29, 1.82) is 0 Å². The molecule has 1 saturated heterocycles. The van der Waals surface area contributed by atoms with Crippen molar-refractivity contribution in [2.45, 2.75) is 26.3 Å². The van der Waals surface area contributed by atoms with Crippen molar-refractivity contribution < 1.29 is 4.79 Å². The van der Waals surface area contributed by atoms with Crippen LogP contribution in [-0.4, -0.2) is 58.6 Å². The van der Waals surface area contributed by atoms with Gasteiger partial charge in [-0.3, -0.25) is 9.88 Å². The third-order valence-corrected chi connectivity index (χ3v) is 3.92. The number of likely N-dealkylation sites (N-methyl/N-ethyl adjacent to an activating group) is 1. The highest BCUT2D eigenvalue weighted by molar-refractivity contribution is 5.88. The molecule has 1 unspecified atom stereocenters. The smallest absolute Gasteiger partial charge is 0.322 e. The number of hydrogen-bond acceptors (Lipinski definition) is 4. The van der Waals surface area contributed by atoms with E-state index in [1.165, 1.54) is 0 Å². The van der Waals surface area contributed by atoms with Crippen molar-refractivity contribution in [3.05, 3.63) is 22.7 Å². The Hall–Kier alpha value is -1.89. The van der Waals surface area contributed by atoms with Crippen LogP contribution in [0.25, 0.3) is 0 Å². The van der Waals surface area contributed by atoms with Gasteiger partial charge in [0.1, 0.15) is 5.82 Å². The largest absolute Gasteiger partial charge is 0.349 e. The van der Waals surface area contributed by atoms with E-state index < -0.39 is 0 Å². The second kappa shape index (κ2) is 6.71. The van der Waals surface area contributed by atoms with Crippen molar-refractivity contribution >= 4 is 11.8 Å². The molecule has 0 radical (unpaired) electrons. The van der Waals surface area contributed by atoms with E-state index in [4.69, 9.17) is 0 Å². The number of amides is 2. The van der Waals surface area contributed by atoms with Crippen LogP contribution in [0.5, 0.6) is 0 Å². The predicted octanol–water partition coefficient (Wildman–Crippen LogP) is 0.994. The Morgan fingerprint density at radius 1 is 1.38 bits per heavy atom. The predicted molar refractivity (Wildman–Crippen MR) is 81.6 cm³/mol. The minimum Gasteiger partial charge on any atom is -0.322 e. The van der Waals surface area contributed by atoms with Gasteiger partial charge in [-0.2, -0.15) is 4.98 Å². The highest BCUT2D eigenvalue weighted by Gasteiger charge is 2.19. The summed E-state index contributed by atoms with van der Waals surface area (Å²) in [5, 5.41) is 2.70. The quantitative estimate of drug-likeness (QED) is 0.902. The first-order chi connectivity index (χ1) is 10.0. The van der Waals surface area contributed by atoms with Gasteiger partial charge in [0, 0.05) is 38.4 Å². The second-order valence-corrected chi connectivity index (χ2v) is 5.48. The van der Waals surface area contributed by atoms with Gasteiger partial charge in [0.2, 0.25) is 0 Å². The fourth-order valence-electron chi connectivity index (χ4n) is 2.21. The van der Waals surface area contributed by atoms with E-state index in [1.54, 1.807) is 21.7 Å². The average molecular weight is 293 g/mol. The molecular formula is C14H23N5O2. The van der Waals surface area contributed by atoms with Crippen LogP contribution in [0.15, 0.2) is 17.1 Å². The van der Waals surface area contributed by atoms with E-state index in [2.05, 4.69) is 15.2 Å². The lowest BCUT2D eigenvalue weighted by molar-refractivity contribution is 0.164. The summed E-state index contributed by atoms with van der Waals surface area (Å²) in [6, 6.07) is 1.57. The minimum absolute atomic E-state index is 0.104. The number of nitrogens with zero attached hydrogens (tertiary/aromatic N) is 4. The fourth-order valence-corrected chi connectivity index (χ4v) is 2.21. The molecule has 0 aromatic carbocycles. The molecule has 7 nitrogen and oxygen atoms in total. The lowest BCUT2D eigenvalue weighted by Gasteiger charge is -2.32. The minimum atomic E-state index is -0.333. The summed E-state index contributed by atoms with van der Waals surface area (Å²) >= 11 is 0. The first kappa shape index (κ1) is 15.5. The summed E-state index contributed by atoms with van der Waals surface area (Å²) in [6.07, 6.45) is 2.54. The molecule has 1 aliphatic heterocycles. The lowest BCUT2D eigenvalue weighted by atomic mass is 10.2. The normalized spacial score (nSPS) is 17.6. The maximum atomic E-state index is 12.1. The number of piperazine rings is 1. The number of carbonyl (C=O) groups excluding carboxylic acids is 1. The molecule has 1 aromatic heterocycles. The number of anilines is 1. The van der Waals surface area contributed by atoms with Crippen LogP contribution in [0.4, 0.5) is 10.6 Å². The first-order valence-electron chi connectivity index (χ1n) is 7.35. The molecule has 0 bridgehead atoms. The number of hydrogen-bond donors (Lipinski definition) is 1. The molecule has 0 aliphatic carbocycles. The Kier molecular flexibility index (Phi) is 4.95. The van der Waals surface area contributed by atoms with Crippen molar-refractivity contribution in [3.63, 3.8) is 0 Å². The Morgan fingerprint density at radius 3 is 2.62 bits per heavy atom. The molecule has 0 spiro atoms. The van der Waals surface area contributed by atoms with Gasteiger partial charge in [0.25, 0.3) is 0 Å². The van der Waals surface area contributed by atoms with Gasteiger partial charge in [-0.05, 0) is 26.5 Å². The third kappa shape index (κ3) is 3.81. The summed E-state index contributed by atoms with van der Waals surface area (Å²) in [5.41, 5.74) is -0.333. The van der Waals surface area contributed by atoms with Gasteiger partial charge in [0.05, 0.1) is 0 Å². The van der Waals surface area contributed by atoms with Crippen LogP contribution in [0.2, 0.25) is 0 Å². The molecule has 2 heterocycles. The molecule has 116 valence electrons. The van der Waals surface area contributed by atoms with Crippen LogP contribution in [0.3, 0.4) is 0 Å². The zero-order valence-corrected chi connectivity index (χ0v) is 12.9. The zero-order valence-electron chi connectivity index (χ0n) is 12.9. The summed E-state index contributed by atoms with van der Waals surface area (Å²) in [7, 11) is 2.03. The summed E-state index contributed by atoms with van der Waals surface area (Å²) in [5.74, 6) is 0.309. The standard InChI is InChI=1S/C14H23N5O2/c1-4-11(2)19-6-5-12(16-14(19)21)15-13(20)18-9-7-17(3)8-10-18/h5-6,11H,4,7-10H2,1-3H3,(H,15,16,20,21). The SMILES string of the molecule is CCC(C)n1ccc(NC(=O)N2CCN(C)CC2)nc1=O. The van der Waals surface area contributed by atoms with E-state index in [-0.39, 0.29) is 17.8 Å². The van der Waals surface area contributed by atoms with Crippen LogP contribution in [0, 0.1) is 0 Å². The zero-order chi connectivity index (χ0) is 15.4. The first-order valence-corrected chi connectivity index (χ1v) is 7.35. The Bertz CT molecular complexity index is 549. The average Bonchev–Trinajstić information content (AvgIpc) is 2.47. The van der Waals surface area contributed by atoms with Crippen molar-refractivity contribution in [2.24, 2.45) is 0 Å². The molecule has 1 N–H and O–H groups in total. The summed E-state index contributed by atoms with van der Waals surface area (Å²) < 4.78 is 1.57. The van der Waals surface area contributed by atoms with Gasteiger partial charge >= 0.3 is 11.7 Å². The van der Waals surface area contributed by atoms with Gasteiger partial charge in [-0.15, -0.1) is 0 Å². The number of rotatable bonds is 3. The van der Waals surface area contributed by atoms with Crippen molar-refractivity contribution in [2.75, 3.05) is 38.5 Å². The van der Waals surface area contributed by atoms with Crippen molar-refractivity contribution in [3.8, 4) is 0 Å². The molecule has 2 amide bonds. The molecule has 1 fully saturated rings. The Balaban J connectivity index is 2.01. The molecule has 1 aromatic rings. The number of nitrogens with one attached hydrogen (secondary N) is 1. The maximum absolute atomic E-state index is 12.1. The van der Waals surface area contributed by atoms with Gasteiger partial charge in [0.15, 0.2) is 0 Å². The third-order valence-electron chi connectivity index (χ3n) is 3.92. The number of urea groups is 1. The highest BCUT2D eigenvalue weighted by atomic mass is 16.2. The highest BCUT2D eigenvalue weighted by Crippen LogP contribution is 2.08. The maximum Gasteiger partial charge on any atom is 0.349 e. The topological polar surface area (TPSA) is 70.5 Å². The molecule has 21 heavy (non-hydrogen) atoms. The Labute approximate surface area is 124 Å². The fraction of sp³-hybridized carbons (Fsp3) is 0.643. The van der Waals surface area contributed by atoms with Gasteiger partial charge in [-0.25, -0.2) is 9.59 Å².